The van der Waals surface area contributed by atoms with E-state index in [4.69, 9.17) is 0 Å². The van der Waals surface area contributed by atoms with Gasteiger partial charge < -0.3 is 10.2 Å². The summed E-state index contributed by atoms with van der Waals surface area (Å²) >= 11 is 0. The summed E-state index contributed by atoms with van der Waals surface area (Å²) in [5.74, 6) is 0.226. The summed E-state index contributed by atoms with van der Waals surface area (Å²) in [6.45, 7) is 6.02. The average Bonchev–Trinajstić information content (AvgIpc) is 2.34. The fraction of sp³-hybridized carbons (Fsp3) is 0.429. The molecule has 0 bridgehead atoms. The highest BCUT2D eigenvalue weighted by molar-refractivity contribution is 6.06. The van der Waals surface area contributed by atoms with Crippen LogP contribution in [-0.4, -0.2) is 24.4 Å². The second-order valence-electron chi connectivity index (χ2n) is 4.96. The minimum atomic E-state index is -0.450. The Balaban J connectivity index is 2.32. The lowest BCUT2D eigenvalue weighted by Gasteiger charge is -2.31. The molecule has 2 rings (SSSR count). The largest absolute Gasteiger partial charge is 0.343 e. The highest BCUT2D eigenvalue weighted by atomic mass is 16.2. The Morgan fingerprint density at radius 2 is 2.06 bits per heavy atom. The molecule has 4 nitrogen and oxygen atoms in total. The van der Waals surface area contributed by atoms with Crippen molar-refractivity contribution in [3.63, 3.8) is 0 Å². The molecule has 18 heavy (non-hydrogen) atoms. The van der Waals surface area contributed by atoms with Crippen LogP contribution in [-0.2, 0) is 9.59 Å². The summed E-state index contributed by atoms with van der Waals surface area (Å²) in [5.41, 5.74) is 1.96. The van der Waals surface area contributed by atoms with Crippen LogP contribution >= 0.6 is 0 Å². The van der Waals surface area contributed by atoms with E-state index in [1.54, 1.807) is 11.8 Å². The van der Waals surface area contributed by atoms with Crippen LogP contribution in [0.1, 0.15) is 32.3 Å². The molecule has 1 fully saturated rings. The molecule has 0 aromatic heterocycles. The van der Waals surface area contributed by atoms with Gasteiger partial charge in [0.15, 0.2) is 0 Å². The van der Waals surface area contributed by atoms with Crippen LogP contribution in [0, 0.1) is 0 Å². The van der Waals surface area contributed by atoms with Crippen LogP contribution in [0.4, 0.5) is 5.69 Å². The highest BCUT2D eigenvalue weighted by Crippen LogP contribution is 2.23. The van der Waals surface area contributed by atoms with Crippen molar-refractivity contribution in [2.45, 2.75) is 32.7 Å². The van der Waals surface area contributed by atoms with Gasteiger partial charge in [0, 0.05) is 5.69 Å². The van der Waals surface area contributed by atoms with Gasteiger partial charge in [0.2, 0.25) is 11.8 Å². The summed E-state index contributed by atoms with van der Waals surface area (Å²) in [4.78, 5) is 25.1. The molecule has 1 atom stereocenters. The van der Waals surface area contributed by atoms with Gasteiger partial charge in [0.25, 0.3) is 0 Å². The van der Waals surface area contributed by atoms with Gasteiger partial charge in [0.1, 0.15) is 12.6 Å². The van der Waals surface area contributed by atoms with Crippen molar-refractivity contribution in [2.75, 3.05) is 11.4 Å². The molecular weight excluding hydrogens is 228 g/mol. The van der Waals surface area contributed by atoms with Gasteiger partial charge in [-0.1, -0.05) is 26.0 Å². The van der Waals surface area contributed by atoms with E-state index in [0.717, 1.165) is 5.69 Å². The van der Waals surface area contributed by atoms with E-state index in [1.165, 1.54) is 5.56 Å². The molecule has 1 aromatic rings. The first-order valence-corrected chi connectivity index (χ1v) is 6.19. The SMILES string of the molecule is CC1NC(=O)CN(c2cccc(C(C)C)c2)C1=O. The zero-order valence-electron chi connectivity index (χ0n) is 10.9. The third kappa shape index (κ3) is 2.37. The zero-order chi connectivity index (χ0) is 13.3. The topological polar surface area (TPSA) is 49.4 Å². The van der Waals surface area contributed by atoms with Crippen molar-refractivity contribution in [1.29, 1.82) is 0 Å². The second kappa shape index (κ2) is 4.80. The van der Waals surface area contributed by atoms with Crippen LogP contribution in [0.5, 0.6) is 0 Å². The van der Waals surface area contributed by atoms with Crippen molar-refractivity contribution in [3.8, 4) is 0 Å². The molecule has 1 N–H and O–H groups in total. The Labute approximate surface area is 107 Å². The first kappa shape index (κ1) is 12.6. The van der Waals surface area contributed by atoms with E-state index in [-0.39, 0.29) is 18.4 Å². The quantitative estimate of drug-likeness (QED) is 0.862. The smallest absolute Gasteiger partial charge is 0.249 e. The summed E-state index contributed by atoms with van der Waals surface area (Å²) in [7, 11) is 0. The van der Waals surface area contributed by atoms with Crippen LogP contribution < -0.4 is 10.2 Å². The van der Waals surface area contributed by atoms with Crippen molar-refractivity contribution in [3.05, 3.63) is 29.8 Å². The summed E-state index contributed by atoms with van der Waals surface area (Å²) < 4.78 is 0. The van der Waals surface area contributed by atoms with Crippen LogP contribution in [0.25, 0.3) is 0 Å². The van der Waals surface area contributed by atoms with Crippen molar-refractivity contribution in [2.24, 2.45) is 0 Å². The van der Waals surface area contributed by atoms with Gasteiger partial charge in [-0.25, -0.2) is 0 Å². The summed E-state index contributed by atoms with van der Waals surface area (Å²) in [6, 6.07) is 7.36. The maximum Gasteiger partial charge on any atom is 0.249 e. The summed E-state index contributed by atoms with van der Waals surface area (Å²) in [5, 5.41) is 2.64. The monoisotopic (exact) mass is 246 g/mol. The van der Waals surface area contributed by atoms with Gasteiger partial charge in [-0.3, -0.25) is 9.59 Å². The van der Waals surface area contributed by atoms with Crippen LogP contribution in [0.2, 0.25) is 0 Å². The van der Waals surface area contributed by atoms with E-state index in [0.29, 0.717) is 5.92 Å². The Kier molecular flexibility index (Phi) is 3.36. The highest BCUT2D eigenvalue weighted by Gasteiger charge is 2.30. The van der Waals surface area contributed by atoms with Crippen molar-refractivity contribution < 1.29 is 9.59 Å². The minimum Gasteiger partial charge on any atom is -0.343 e. The van der Waals surface area contributed by atoms with Crippen molar-refractivity contribution in [1.82, 2.24) is 5.32 Å². The van der Waals surface area contributed by atoms with E-state index < -0.39 is 6.04 Å². The van der Waals surface area contributed by atoms with Crippen LogP contribution in [0.3, 0.4) is 0 Å². The van der Waals surface area contributed by atoms with E-state index >= 15 is 0 Å². The number of hydrogen-bond acceptors (Lipinski definition) is 2. The Hall–Kier alpha value is -1.84. The predicted molar refractivity (Wildman–Crippen MR) is 70.5 cm³/mol. The molecule has 96 valence electrons. The molecule has 0 saturated carbocycles. The maximum atomic E-state index is 12.1. The third-order valence-electron chi connectivity index (χ3n) is 3.16. The fourth-order valence-electron chi connectivity index (χ4n) is 2.07. The van der Waals surface area contributed by atoms with Gasteiger partial charge >= 0.3 is 0 Å². The van der Waals surface area contributed by atoms with Gasteiger partial charge in [0.05, 0.1) is 0 Å². The third-order valence-corrected chi connectivity index (χ3v) is 3.16. The molecule has 4 heteroatoms. The number of benzene rings is 1. The molecular formula is C14H18N2O2. The molecule has 1 aliphatic rings. The van der Waals surface area contributed by atoms with Gasteiger partial charge in [-0.05, 0) is 30.5 Å². The number of piperazine rings is 1. The standard InChI is InChI=1S/C14H18N2O2/c1-9(2)11-5-4-6-12(7-11)16-8-13(17)15-10(3)14(16)18/h4-7,9-10H,8H2,1-3H3,(H,15,17). The number of nitrogens with one attached hydrogen (secondary N) is 1. The molecule has 0 radical (unpaired) electrons. The number of rotatable bonds is 2. The number of carbonyl (C=O) groups excluding carboxylic acids is 2. The lowest BCUT2D eigenvalue weighted by Crippen LogP contribution is -2.57. The Morgan fingerprint density at radius 3 is 2.72 bits per heavy atom. The Morgan fingerprint density at radius 1 is 1.33 bits per heavy atom. The molecule has 1 heterocycles. The maximum absolute atomic E-state index is 12.1. The molecule has 0 aliphatic carbocycles. The first-order valence-electron chi connectivity index (χ1n) is 6.19. The number of anilines is 1. The number of carbonyl (C=O) groups is 2. The van der Waals surface area contributed by atoms with E-state index in [9.17, 15) is 9.59 Å². The Bertz CT molecular complexity index is 482. The molecule has 1 saturated heterocycles. The molecule has 0 spiro atoms. The lowest BCUT2D eigenvalue weighted by atomic mass is 10.0. The molecule has 2 amide bonds. The number of hydrogen-bond donors (Lipinski definition) is 1. The van der Waals surface area contributed by atoms with Gasteiger partial charge in [-0.15, -0.1) is 0 Å². The average molecular weight is 246 g/mol. The minimum absolute atomic E-state index is 0.0597. The first-order chi connectivity index (χ1) is 8.49. The lowest BCUT2D eigenvalue weighted by molar-refractivity contribution is -0.130. The summed E-state index contributed by atoms with van der Waals surface area (Å²) in [6.07, 6.45) is 0. The van der Waals surface area contributed by atoms with Gasteiger partial charge in [-0.2, -0.15) is 0 Å². The fourth-order valence-corrected chi connectivity index (χ4v) is 2.07. The molecule has 1 unspecified atom stereocenters. The van der Waals surface area contributed by atoms with E-state index in [2.05, 4.69) is 19.2 Å². The molecule has 1 aromatic carbocycles. The number of amides is 2. The predicted octanol–water partition coefficient (Wildman–Crippen LogP) is 1.66. The second-order valence-corrected chi connectivity index (χ2v) is 4.96. The van der Waals surface area contributed by atoms with E-state index in [1.807, 2.05) is 24.3 Å². The number of nitrogens with zero attached hydrogens (tertiary/aromatic N) is 1. The van der Waals surface area contributed by atoms with Crippen molar-refractivity contribution >= 4 is 17.5 Å². The normalized spacial score (nSPS) is 20.2. The zero-order valence-corrected chi connectivity index (χ0v) is 10.9. The van der Waals surface area contributed by atoms with Crippen LogP contribution in [0.15, 0.2) is 24.3 Å². The molecule has 1 aliphatic heterocycles.